The van der Waals surface area contributed by atoms with E-state index in [0.29, 0.717) is 35.3 Å². The first-order chi connectivity index (χ1) is 14.4. The molecule has 5 nitrogen and oxygen atoms in total. The van der Waals surface area contributed by atoms with E-state index in [1.54, 1.807) is 11.8 Å². The van der Waals surface area contributed by atoms with Gasteiger partial charge in [-0.25, -0.2) is 4.98 Å². The molecule has 0 aliphatic heterocycles. The highest BCUT2D eigenvalue weighted by atomic mass is 32.2. The summed E-state index contributed by atoms with van der Waals surface area (Å²) in [6.45, 7) is 10.4. The molecule has 0 aliphatic rings. The van der Waals surface area contributed by atoms with Gasteiger partial charge in [-0.15, -0.1) is 0 Å². The highest BCUT2D eigenvalue weighted by Crippen LogP contribution is 2.22. The first-order valence-electron chi connectivity index (χ1n) is 10.4. The number of nitrogens with zero attached hydrogens (tertiary/aromatic N) is 3. The number of nitrogens with one attached hydrogen (secondary N) is 1. The molecular formula is C24H29N4OS+. The number of nitriles is 1. The number of aromatic nitrogens is 2. The summed E-state index contributed by atoms with van der Waals surface area (Å²) < 4.78 is 1.83. The van der Waals surface area contributed by atoms with Crippen LogP contribution in [0.25, 0.3) is 10.9 Å². The molecule has 1 heterocycles. The fraction of sp³-hybridized carbons (Fsp3) is 0.375. The molecule has 3 rings (SSSR count). The van der Waals surface area contributed by atoms with Crippen LogP contribution < -0.4 is 10.5 Å². The van der Waals surface area contributed by atoms with Crippen LogP contribution in [0.2, 0.25) is 0 Å². The Morgan fingerprint density at radius 2 is 1.73 bits per heavy atom. The van der Waals surface area contributed by atoms with Crippen LogP contribution >= 0.6 is 11.8 Å². The number of rotatable bonds is 8. The van der Waals surface area contributed by atoms with Crippen molar-refractivity contribution in [3.63, 3.8) is 0 Å². The Hall–Kier alpha value is -2.62. The number of benzene rings is 2. The fourth-order valence-electron chi connectivity index (χ4n) is 3.76. The minimum Gasteiger partial charge on any atom is -0.330 e. The minimum absolute atomic E-state index is 0.0230. The molecule has 1 N–H and O–H groups in total. The first kappa shape index (κ1) is 22.1. The van der Waals surface area contributed by atoms with Crippen LogP contribution in [0.3, 0.4) is 0 Å². The van der Waals surface area contributed by atoms with E-state index in [1.807, 2.05) is 53.1 Å². The summed E-state index contributed by atoms with van der Waals surface area (Å²) in [5.41, 5.74) is 2.51. The molecule has 30 heavy (non-hydrogen) atoms. The zero-order valence-electron chi connectivity index (χ0n) is 18.1. The standard InChI is InChI=1S/C24H28N4OS/c1-17(2)27(18(3)4)13-14-28-23(29)21-7-5-6-8-22(21)26-24(28)30-16-20-11-9-19(15-25)10-12-20/h5-12,17-18H,13-14,16H2,1-4H3/p+1. The molecule has 0 atom stereocenters. The van der Waals surface area contributed by atoms with Crippen LogP contribution in [0, 0.1) is 11.3 Å². The van der Waals surface area contributed by atoms with Gasteiger partial charge in [0, 0.05) is 5.75 Å². The molecule has 0 saturated carbocycles. The zero-order valence-corrected chi connectivity index (χ0v) is 18.9. The van der Waals surface area contributed by atoms with Crippen molar-refractivity contribution >= 4 is 22.7 Å². The number of hydrogen-bond acceptors (Lipinski definition) is 4. The average molecular weight is 422 g/mol. The Morgan fingerprint density at radius 1 is 1.07 bits per heavy atom. The van der Waals surface area contributed by atoms with Crippen molar-refractivity contribution in [3.8, 4) is 6.07 Å². The Morgan fingerprint density at radius 3 is 2.37 bits per heavy atom. The third-order valence-electron chi connectivity index (χ3n) is 5.38. The molecule has 6 heteroatoms. The Labute approximate surface area is 182 Å². The molecule has 0 bridgehead atoms. The van der Waals surface area contributed by atoms with E-state index < -0.39 is 0 Å². The molecule has 1 aromatic heterocycles. The van der Waals surface area contributed by atoms with Crippen molar-refractivity contribution < 1.29 is 4.90 Å². The van der Waals surface area contributed by atoms with Gasteiger partial charge in [-0.2, -0.15) is 5.26 Å². The summed E-state index contributed by atoms with van der Waals surface area (Å²) in [6.07, 6.45) is 0. The van der Waals surface area contributed by atoms with E-state index in [2.05, 4.69) is 33.8 Å². The molecule has 3 aromatic rings. The van der Waals surface area contributed by atoms with Gasteiger partial charge in [0.05, 0.1) is 47.7 Å². The zero-order chi connectivity index (χ0) is 21.7. The van der Waals surface area contributed by atoms with Crippen molar-refractivity contribution in [2.45, 2.75) is 57.2 Å². The molecule has 0 fully saturated rings. The maximum atomic E-state index is 13.3. The van der Waals surface area contributed by atoms with Gasteiger partial charge in [-0.05, 0) is 57.5 Å². The van der Waals surface area contributed by atoms with Crippen LogP contribution in [0.5, 0.6) is 0 Å². The van der Waals surface area contributed by atoms with Crippen LogP contribution in [0.15, 0.2) is 58.5 Å². The van der Waals surface area contributed by atoms with Gasteiger partial charge in [0.1, 0.15) is 0 Å². The molecule has 156 valence electrons. The summed E-state index contributed by atoms with van der Waals surface area (Å²) in [5, 5.41) is 10.4. The molecule has 0 aliphatic carbocycles. The lowest BCUT2D eigenvalue weighted by molar-refractivity contribution is -0.942. The van der Waals surface area contributed by atoms with E-state index in [0.717, 1.165) is 22.8 Å². The van der Waals surface area contributed by atoms with Gasteiger partial charge >= 0.3 is 0 Å². The highest BCUT2D eigenvalue weighted by Gasteiger charge is 2.19. The summed E-state index contributed by atoms with van der Waals surface area (Å²) >= 11 is 1.57. The van der Waals surface area contributed by atoms with Gasteiger partial charge in [0.25, 0.3) is 5.56 Å². The van der Waals surface area contributed by atoms with Crippen LogP contribution in [-0.2, 0) is 12.3 Å². The van der Waals surface area contributed by atoms with Crippen molar-refractivity contribution in [1.82, 2.24) is 9.55 Å². The lowest BCUT2D eigenvalue weighted by atomic mass is 10.2. The second-order valence-corrected chi connectivity index (χ2v) is 9.04. The normalized spacial score (nSPS) is 11.5. The summed E-state index contributed by atoms with van der Waals surface area (Å²) in [7, 11) is 0. The quantitative estimate of drug-likeness (QED) is 0.448. The number of fused-ring (bicyclic) bond motifs is 1. The Kier molecular flexibility index (Phi) is 7.30. The van der Waals surface area contributed by atoms with Crippen LogP contribution in [-0.4, -0.2) is 28.2 Å². The van der Waals surface area contributed by atoms with Gasteiger partial charge < -0.3 is 4.90 Å². The molecule has 0 amide bonds. The summed E-state index contributed by atoms with van der Waals surface area (Å²) in [6, 6.07) is 18.2. The maximum Gasteiger partial charge on any atom is 0.262 e. The monoisotopic (exact) mass is 421 g/mol. The second kappa shape index (κ2) is 9.92. The van der Waals surface area contributed by atoms with E-state index in [4.69, 9.17) is 10.2 Å². The number of para-hydroxylation sites is 1. The molecule has 0 saturated heterocycles. The average Bonchev–Trinajstić information content (AvgIpc) is 2.74. The molecule has 2 aromatic carbocycles. The number of hydrogen-bond donors (Lipinski definition) is 1. The van der Waals surface area contributed by atoms with Crippen molar-refractivity contribution in [2.75, 3.05) is 6.54 Å². The largest absolute Gasteiger partial charge is 0.330 e. The van der Waals surface area contributed by atoms with E-state index >= 15 is 0 Å². The second-order valence-electron chi connectivity index (χ2n) is 8.10. The van der Waals surface area contributed by atoms with Crippen molar-refractivity contribution in [3.05, 3.63) is 70.0 Å². The highest BCUT2D eigenvalue weighted by molar-refractivity contribution is 7.98. The topological polar surface area (TPSA) is 63.1 Å². The van der Waals surface area contributed by atoms with Crippen molar-refractivity contribution in [1.29, 1.82) is 5.26 Å². The van der Waals surface area contributed by atoms with E-state index in [9.17, 15) is 4.79 Å². The fourth-order valence-corrected chi connectivity index (χ4v) is 4.74. The minimum atomic E-state index is 0.0230. The number of quaternary nitrogens is 1. The molecule has 0 radical (unpaired) electrons. The predicted molar refractivity (Wildman–Crippen MR) is 123 cm³/mol. The molecular weight excluding hydrogens is 392 g/mol. The SMILES string of the molecule is CC(C)[NH+](CCn1c(SCc2ccc(C#N)cc2)nc2ccccc2c1=O)C(C)C. The predicted octanol–water partition coefficient (Wildman–Crippen LogP) is 3.26. The Bertz CT molecular complexity index is 1090. The van der Waals surface area contributed by atoms with E-state index in [-0.39, 0.29) is 5.56 Å². The van der Waals surface area contributed by atoms with Gasteiger partial charge in [-0.3, -0.25) is 9.36 Å². The maximum absolute atomic E-state index is 13.3. The third-order valence-corrected chi connectivity index (χ3v) is 6.43. The van der Waals surface area contributed by atoms with Gasteiger partial charge in [0.2, 0.25) is 0 Å². The lowest BCUT2D eigenvalue weighted by Gasteiger charge is -2.28. The smallest absolute Gasteiger partial charge is 0.262 e. The lowest BCUT2D eigenvalue weighted by Crippen LogP contribution is -3.18. The summed E-state index contributed by atoms with van der Waals surface area (Å²) in [5.74, 6) is 0.696. The van der Waals surface area contributed by atoms with Crippen LogP contribution in [0.1, 0.15) is 38.8 Å². The Balaban J connectivity index is 1.91. The molecule has 0 unspecified atom stereocenters. The van der Waals surface area contributed by atoms with Crippen molar-refractivity contribution in [2.24, 2.45) is 0 Å². The third kappa shape index (κ3) is 5.10. The van der Waals surface area contributed by atoms with Gasteiger partial charge in [0.15, 0.2) is 5.16 Å². The first-order valence-corrected chi connectivity index (χ1v) is 11.4. The van der Waals surface area contributed by atoms with Crippen LogP contribution in [0.4, 0.5) is 0 Å². The van der Waals surface area contributed by atoms with E-state index in [1.165, 1.54) is 4.90 Å². The summed E-state index contributed by atoms with van der Waals surface area (Å²) in [4.78, 5) is 19.5. The van der Waals surface area contributed by atoms with Gasteiger partial charge in [-0.1, -0.05) is 36.0 Å². The molecule has 0 spiro atoms. The number of thioether (sulfide) groups is 1.